The average molecular weight is 299 g/mol. The van der Waals surface area contributed by atoms with Crippen LogP contribution in [0.1, 0.15) is 25.3 Å². The number of nitrogens with one attached hydrogen (secondary N) is 1. The molecular weight excluding hydrogens is 273 g/mol. The summed E-state index contributed by atoms with van der Waals surface area (Å²) >= 11 is 0. The van der Waals surface area contributed by atoms with Crippen LogP contribution in [-0.2, 0) is 16.1 Å². The minimum atomic E-state index is -0.604. The Hall–Kier alpha value is -1.01. The van der Waals surface area contributed by atoms with Crippen LogP contribution in [0.3, 0.4) is 0 Å². The van der Waals surface area contributed by atoms with Gasteiger partial charge in [-0.3, -0.25) is 0 Å². The van der Waals surface area contributed by atoms with Gasteiger partial charge in [0.05, 0.1) is 25.9 Å². The highest BCUT2D eigenvalue weighted by Gasteiger charge is 2.05. The molecule has 0 aliphatic heterocycles. The second-order valence-corrected chi connectivity index (χ2v) is 4.93. The molecule has 2 N–H and O–H groups in total. The van der Waals surface area contributed by atoms with Gasteiger partial charge in [-0.15, -0.1) is 0 Å². The number of aliphatic hydroxyl groups is 1. The number of benzene rings is 1. The number of rotatable bonds is 12. The topological polar surface area (TPSA) is 50.7 Å². The summed E-state index contributed by atoms with van der Waals surface area (Å²) in [7, 11) is 0. The van der Waals surface area contributed by atoms with Crippen molar-refractivity contribution in [1.29, 1.82) is 0 Å². The van der Waals surface area contributed by atoms with Crippen molar-refractivity contribution in [2.24, 2.45) is 0 Å². The number of halogens is 1. The summed E-state index contributed by atoms with van der Waals surface area (Å²) in [6.45, 7) is 5.04. The van der Waals surface area contributed by atoms with E-state index in [0.29, 0.717) is 25.3 Å². The summed E-state index contributed by atoms with van der Waals surface area (Å²) in [5.41, 5.74) is 0.502. The lowest BCUT2D eigenvalue weighted by molar-refractivity contribution is 0.0268. The molecule has 1 rings (SSSR count). The van der Waals surface area contributed by atoms with Crippen molar-refractivity contribution in [3.05, 3.63) is 35.6 Å². The number of ether oxygens (including phenoxy) is 2. The fourth-order valence-electron chi connectivity index (χ4n) is 1.74. The first-order valence-electron chi connectivity index (χ1n) is 7.51. The van der Waals surface area contributed by atoms with Crippen molar-refractivity contribution in [2.45, 2.75) is 32.5 Å². The summed E-state index contributed by atoms with van der Waals surface area (Å²) in [5, 5.41) is 12.8. The summed E-state index contributed by atoms with van der Waals surface area (Å²) < 4.78 is 24.0. The number of hydrogen-bond donors (Lipinski definition) is 2. The van der Waals surface area contributed by atoms with Crippen molar-refractivity contribution in [3.63, 3.8) is 0 Å². The zero-order valence-corrected chi connectivity index (χ0v) is 12.7. The van der Waals surface area contributed by atoms with Gasteiger partial charge in [0.25, 0.3) is 0 Å². The van der Waals surface area contributed by atoms with E-state index < -0.39 is 6.10 Å². The number of aliphatic hydroxyl groups excluding tert-OH is 1. The Morgan fingerprint density at radius 3 is 2.81 bits per heavy atom. The highest BCUT2D eigenvalue weighted by Crippen LogP contribution is 2.07. The van der Waals surface area contributed by atoms with E-state index in [0.717, 1.165) is 19.4 Å². The van der Waals surface area contributed by atoms with Crippen molar-refractivity contribution in [1.82, 2.24) is 5.32 Å². The Labute approximate surface area is 126 Å². The maximum atomic E-state index is 13.3. The van der Waals surface area contributed by atoms with Crippen molar-refractivity contribution in [3.8, 4) is 0 Å². The highest BCUT2D eigenvalue weighted by molar-refractivity contribution is 5.16. The molecule has 0 radical (unpaired) electrons. The third-order valence-corrected chi connectivity index (χ3v) is 2.97. The van der Waals surface area contributed by atoms with Crippen molar-refractivity contribution < 1.29 is 19.0 Å². The Morgan fingerprint density at radius 2 is 2.05 bits per heavy atom. The average Bonchev–Trinajstić information content (AvgIpc) is 2.48. The van der Waals surface area contributed by atoms with E-state index in [-0.39, 0.29) is 19.0 Å². The zero-order chi connectivity index (χ0) is 15.3. The minimum Gasteiger partial charge on any atom is -0.389 e. The highest BCUT2D eigenvalue weighted by atomic mass is 19.1. The van der Waals surface area contributed by atoms with Gasteiger partial charge in [-0.1, -0.05) is 31.5 Å². The molecule has 4 nitrogen and oxygen atoms in total. The molecule has 1 unspecified atom stereocenters. The summed E-state index contributed by atoms with van der Waals surface area (Å²) in [6, 6.07) is 6.47. The van der Waals surface area contributed by atoms with Gasteiger partial charge in [0.1, 0.15) is 5.82 Å². The van der Waals surface area contributed by atoms with Gasteiger partial charge in [-0.25, -0.2) is 4.39 Å². The van der Waals surface area contributed by atoms with Crippen LogP contribution in [0.25, 0.3) is 0 Å². The lowest BCUT2D eigenvalue weighted by Crippen LogP contribution is -2.32. The van der Waals surface area contributed by atoms with Gasteiger partial charge >= 0.3 is 0 Å². The quantitative estimate of drug-likeness (QED) is 0.580. The second kappa shape index (κ2) is 11.6. The van der Waals surface area contributed by atoms with E-state index in [2.05, 4.69) is 12.2 Å². The van der Waals surface area contributed by atoms with Crippen LogP contribution in [0.4, 0.5) is 4.39 Å². The first-order chi connectivity index (χ1) is 10.2. The largest absolute Gasteiger partial charge is 0.389 e. The van der Waals surface area contributed by atoms with Gasteiger partial charge in [0.15, 0.2) is 0 Å². The molecular formula is C16H26FNO3. The second-order valence-electron chi connectivity index (χ2n) is 4.93. The molecule has 0 saturated heterocycles. The van der Waals surface area contributed by atoms with Crippen LogP contribution in [0, 0.1) is 5.82 Å². The van der Waals surface area contributed by atoms with Crippen LogP contribution >= 0.6 is 0 Å². The molecule has 0 saturated carbocycles. The van der Waals surface area contributed by atoms with E-state index in [9.17, 15) is 9.50 Å². The molecule has 0 aromatic heterocycles. The fraction of sp³-hybridized carbons (Fsp3) is 0.625. The van der Waals surface area contributed by atoms with E-state index in [1.807, 2.05) is 0 Å². The molecule has 5 heteroatoms. The lowest BCUT2D eigenvalue weighted by Gasteiger charge is -2.13. The molecule has 0 amide bonds. The number of hydrogen-bond acceptors (Lipinski definition) is 4. The van der Waals surface area contributed by atoms with Crippen LogP contribution in [-0.4, -0.2) is 44.1 Å². The molecule has 0 aliphatic carbocycles. The van der Waals surface area contributed by atoms with Crippen LogP contribution in [0.2, 0.25) is 0 Å². The molecule has 120 valence electrons. The molecule has 0 aliphatic rings. The van der Waals surface area contributed by atoms with E-state index in [4.69, 9.17) is 9.47 Å². The Bertz CT molecular complexity index is 376. The van der Waals surface area contributed by atoms with Gasteiger partial charge < -0.3 is 19.9 Å². The zero-order valence-electron chi connectivity index (χ0n) is 12.7. The SMILES string of the molecule is CCCCOCCNCC(O)COCc1ccccc1F. The maximum Gasteiger partial charge on any atom is 0.128 e. The third kappa shape index (κ3) is 8.78. The molecule has 21 heavy (non-hydrogen) atoms. The standard InChI is InChI=1S/C16H26FNO3/c1-2-3-9-20-10-8-18-11-15(19)13-21-12-14-6-4-5-7-16(14)17/h4-7,15,18-19H,2-3,8-13H2,1H3. The molecule has 0 bridgehead atoms. The molecule has 1 aromatic carbocycles. The Balaban J connectivity index is 1.99. The van der Waals surface area contributed by atoms with Gasteiger partial charge in [-0.05, 0) is 12.5 Å². The van der Waals surface area contributed by atoms with Gasteiger partial charge in [-0.2, -0.15) is 0 Å². The summed E-state index contributed by atoms with van der Waals surface area (Å²) in [5.74, 6) is -0.283. The summed E-state index contributed by atoms with van der Waals surface area (Å²) in [4.78, 5) is 0. The van der Waals surface area contributed by atoms with Gasteiger partial charge in [0.2, 0.25) is 0 Å². The van der Waals surface area contributed by atoms with Crippen molar-refractivity contribution >= 4 is 0 Å². The normalized spacial score (nSPS) is 12.5. The monoisotopic (exact) mass is 299 g/mol. The predicted octanol–water partition coefficient (Wildman–Crippen LogP) is 2.11. The van der Waals surface area contributed by atoms with E-state index in [1.54, 1.807) is 18.2 Å². The Morgan fingerprint density at radius 1 is 1.24 bits per heavy atom. The molecule has 0 heterocycles. The van der Waals surface area contributed by atoms with Crippen LogP contribution < -0.4 is 5.32 Å². The predicted molar refractivity (Wildman–Crippen MR) is 80.7 cm³/mol. The molecule has 0 spiro atoms. The molecule has 1 atom stereocenters. The minimum absolute atomic E-state index is 0.170. The van der Waals surface area contributed by atoms with Crippen LogP contribution in [0.15, 0.2) is 24.3 Å². The first-order valence-corrected chi connectivity index (χ1v) is 7.51. The van der Waals surface area contributed by atoms with Crippen LogP contribution in [0.5, 0.6) is 0 Å². The number of unbranched alkanes of at least 4 members (excludes halogenated alkanes) is 1. The summed E-state index contributed by atoms with van der Waals surface area (Å²) in [6.07, 6.45) is 1.60. The molecule has 0 fully saturated rings. The fourth-order valence-corrected chi connectivity index (χ4v) is 1.74. The molecule has 1 aromatic rings. The maximum absolute atomic E-state index is 13.3. The van der Waals surface area contributed by atoms with Gasteiger partial charge in [0, 0.05) is 25.3 Å². The van der Waals surface area contributed by atoms with Crippen molar-refractivity contribution in [2.75, 3.05) is 32.9 Å². The lowest BCUT2D eigenvalue weighted by atomic mass is 10.2. The first kappa shape index (κ1) is 18.0. The van der Waals surface area contributed by atoms with E-state index in [1.165, 1.54) is 6.07 Å². The third-order valence-electron chi connectivity index (χ3n) is 2.97. The Kier molecular flexibility index (Phi) is 9.99. The smallest absolute Gasteiger partial charge is 0.128 e. The van der Waals surface area contributed by atoms with E-state index >= 15 is 0 Å².